The van der Waals surface area contributed by atoms with Crippen LogP contribution in [0.5, 0.6) is 5.75 Å². The Morgan fingerprint density at radius 2 is 2.00 bits per heavy atom. The fourth-order valence-corrected chi connectivity index (χ4v) is 3.08. The molecule has 0 atom stereocenters. The second-order valence-corrected chi connectivity index (χ2v) is 6.17. The van der Waals surface area contributed by atoms with Crippen molar-refractivity contribution in [1.29, 1.82) is 0 Å². The Morgan fingerprint density at radius 3 is 2.64 bits per heavy atom. The number of benzene rings is 1. The fraction of sp³-hybridized carbons (Fsp3) is 0.375. The normalized spacial score (nSPS) is 14.9. The molecule has 2 N–H and O–H groups in total. The lowest BCUT2D eigenvalue weighted by molar-refractivity contribution is -0.151. The third-order valence-electron chi connectivity index (χ3n) is 3.63. The van der Waals surface area contributed by atoms with E-state index in [9.17, 15) is 4.79 Å². The molecule has 5 nitrogen and oxygen atoms in total. The van der Waals surface area contributed by atoms with E-state index in [4.69, 9.17) is 15.2 Å². The molecule has 3 rings (SSSR count). The summed E-state index contributed by atoms with van der Waals surface area (Å²) < 4.78 is 10.8. The summed E-state index contributed by atoms with van der Waals surface area (Å²) >= 11 is 1.41. The van der Waals surface area contributed by atoms with E-state index < -0.39 is 0 Å². The maximum Gasteiger partial charge on any atom is 0.344 e. The highest BCUT2D eigenvalue weighted by molar-refractivity contribution is 7.13. The van der Waals surface area contributed by atoms with Gasteiger partial charge in [-0.05, 0) is 49.9 Å². The van der Waals surface area contributed by atoms with Crippen molar-refractivity contribution in [1.82, 2.24) is 4.98 Å². The summed E-state index contributed by atoms with van der Waals surface area (Å²) in [5.41, 5.74) is 7.43. The van der Waals surface area contributed by atoms with E-state index in [0.717, 1.165) is 36.9 Å². The minimum Gasteiger partial charge on any atom is -0.482 e. The third-order valence-corrected chi connectivity index (χ3v) is 4.30. The summed E-state index contributed by atoms with van der Waals surface area (Å²) in [5, 5.41) is 2.45. The van der Waals surface area contributed by atoms with Crippen LogP contribution in [0.3, 0.4) is 0 Å². The Balaban J connectivity index is 1.51. The number of rotatable bonds is 5. The molecule has 0 saturated heterocycles. The molecular weight excluding hydrogens is 300 g/mol. The Bertz CT molecular complexity index is 633. The molecule has 1 heterocycles. The Hall–Kier alpha value is -2.08. The summed E-state index contributed by atoms with van der Waals surface area (Å²) in [6.45, 7) is -0.0561. The Morgan fingerprint density at radius 1 is 1.27 bits per heavy atom. The van der Waals surface area contributed by atoms with Gasteiger partial charge in [0.05, 0.1) is 5.69 Å². The van der Waals surface area contributed by atoms with Gasteiger partial charge in [-0.2, -0.15) is 0 Å². The molecular formula is C16H18N2O3S. The number of hydrogen-bond donors (Lipinski definition) is 1. The van der Waals surface area contributed by atoms with Gasteiger partial charge < -0.3 is 15.2 Å². The van der Waals surface area contributed by atoms with Gasteiger partial charge in [0, 0.05) is 10.9 Å². The lowest BCUT2D eigenvalue weighted by Gasteiger charge is -2.12. The zero-order valence-corrected chi connectivity index (χ0v) is 13.0. The van der Waals surface area contributed by atoms with Crippen molar-refractivity contribution in [3.63, 3.8) is 0 Å². The van der Waals surface area contributed by atoms with E-state index >= 15 is 0 Å². The van der Waals surface area contributed by atoms with Crippen LogP contribution in [0, 0.1) is 0 Å². The van der Waals surface area contributed by atoms with E-state index in [0.29, 0.717) is 10.9 Å². The first-order chi connectivity index (χ1) is 10.7. The molecule has 22 heavy (non-hydrogen) atoms. The van der Waals surface area contributed by atoms with Gasteiger partial charge in [0.15, 0.2) is 11.7 Å². The van der Waals surface area contributed by atoms with Crippen molar-refractivity contribution in [2.24, 2.45) is 0 Å². The van der Waals surface area contributed by atoms with Crippen LogP contribution in [0.1, 0.15) is 25.7 Å². The van der Waals surface area contributed by atoms with Crippen LogP contribution in [0.15, 0.2) is 29.6 Å². The number of nitrogen functional groups attached to an aromatic ring is 1. The minimum absolute atomic E-state index is 0.0561. The van der Waals surface area contributed by atoms with Gasteiger partial charge in [-0.3, -0.25) is 0 Å². The Kier molecular flexibility index (Phi) is 4.58. The van der Waals surface area contributed by atoms with Crippen molar-refractivity contribution in [3.05, 3.63) is 29.6 Å². The van der Waals surface area contributed by atoms with Crippen molar-refractivity contribution in [2.75, 3.05) is 12.3 Å². The van der Waals surface area contributed by atoms with Crippen LogP contribution in [-0.4, -0.2) is 23.7 Å². The summed E-state index contributed by atoms with van der Waals surface area (Å²) in [6.07, 6.45) is 4.30. The molecule has 0 radical (unpaired) electrons. The first-order valence-corrected chi connectivity index (χ1v) is 8.22. The van der Waals surface area contributed by atoms with Crippen LogP contribution >= 0.6 is 11.3 Å². The van der Waals surface area contributed by atoms with Gasteiger partial charge >= 0.3 is 5.97 Å². The number of aromatic nitrogens is 1. The molecule has 1 aliphatic carbocycles. The molecule has 0 aliphatic heterocycles. The summed E-state index contributed by atoms with van der Waals surface area (Å²) in [7, 11) is 0. The second-order valence-electron chi connectivity index (χ2n) is 5.28. The molecule has 1 aliphatic rings. The fourth-order valence-electron chi connectivity index (χ4n) is 2.51. The van der Waals surface area contributed by atoms with E-state index in [1.54, 1.807) is 0 Å². The predicted octanol–water partition coefficient (Wildman–Crippen LogP) is 3.26. The zero-order chi connectivity index (χ0) is 15.4. The van der Waals surface area contributed by atoms with Gasteiger partial charge in [-0.25, -0.2) is 9.78 Å². The third kappa shape index (κ3) is 3.76. The zero-order valence-electron chi connectivity index (χ0n) is 12.2. The highest BCUT2D eigenvalue weighted by Gasteiger charge is 2.19. The maximum atomic E-state index is 11.7. The van der Waals surface area contributed by atoms with Gasteiger partial charge in [0.1, 0.15) is 11.9 Å². The smallest absolute Gasteiger partial charge is 0.344 e. The molecule has 1 aromatic carbocycles. The van der Waals surface area contributed by atoms with E-state index in [2.05, 4.69) is 4.98 Å². The summed E-state index contributed by atoms with van der Waals surface area (Å²) in [6, 6.07) is 7.42. The molecule has 0 bridgehead atoms. The minimum atomic E-state index is -0.303. The number of hydrogen-bond acceptors (Lipinski definition) is 6. The lowest BCUT2D eigenvalue weighted by atomic mass is 10.2. The number of anilines is 1. The SMILES string of the molecule is Nc1nc(-c2ccc(OCC(=O)OC3CCCC3)cc2)cs1. The number of thiazole rings is 1. The number of carbonyl (C=O) groups is 1. The molecule has 116 valence electrons. The van der Waals surface area contributed by atoms with E-state index in [1.807, 2.05) is 29.6 Å². The van der Waals surface area contributed by atoms with Crippen LogP contribution in [0.4, 0.5) is 5.13 Å². The maximum absolute atomic E-state index is 11.7. The number of carbonyl (C=O) groups excluding carboxylic acids is 1. The quantitative estimate of drug-likeness (QED) is 0.857. The van der Waals surface area contributed by atoms with Crippen LogP contribution < -0.4 is 10.5 Å². The van der Waals surface area contributed by atoms with Crippen molar-refractivity contribution in [3.8, 4) is 17.0 Å². The van der Waals surface area contributed by atoms with Gasteiger partial charge in [0.25, 0.3) is 0 Å². The average molecular weight is 318 g/mol. The lowest BCUT2D eigenvalue weighted by Crippen LogP contribution is -2.20. The number of nitrogens with zero attached hydrogens (tertiary/aromatic N) is 1. The second kappa shape index (κ2) is 6.79. The van der Waals surface area contributed by atoms with Crippen molar-refractivity contribution < 1.29 is 14.3 Å². The summed E-state index contributed by atoms with van der Waals surface area (Å²) in [4.78, 5) is 15.9. The molecule has 2 aromatic rings. The standard InChI is InChI=1S/C16H18N2O3S/c17-16-18-14(10-22-16)11-5-7-12(8-6-11)20-9-15(19)21-13-3-1-2-4-13/h5-8,10,13H,1-4,9H2,(H2,17,18). The van der Waals surface area contributed by atoms with Crippen LogP contribution in [0.2, 0.25) is 0 Å². The van der Waals surface area contributed by atoms with Gasteiger partial charge in [0.2, 0.25) is 0 Å². The van der Waals surface area contributed by atoms with Crippen LogP contribution in [0.25, 0.3) is 11.3 Å². The van der Waals surface area contributed by atoms with Gasteiger partial charge in [-0.15, -0.1) is 11.3 Å². The highest BCUT2D eigenvalue weighted by atomic mass is 32.1. The molecule has 1 aromatic heterocycles. The molecule has 0 spiro atoms. The molecule has 6 heteroatoms. The number of esters is 1. The molecule has 0 unspecified atom stereocenters. The summed E-state index contributed by atoms with van der Waals surface area (Å²) in [5.74, 6) is 0.332. The predicted molar refractivity (Wildman–Crippen MR) is 85.8 cm³/mol. The topological polar surface area (TPSA) is 74.4 Å². The van der Waals surface area contributed by atoms with Crippen molar-refractivity contribution >= 4 is 22.4 Å². The first kappa shape index (κ1) is 14.8. The highest BCUT2D eigenvalue weighted by Crippen LogP contribution is 2.25. The molecule has 1 saturated carbocycles. The van der Waals surface area contributed by atoms with Crippen LogP contribution in [-0.2, 0) is 9.53 Å². The van der Waals surface area contributed by atoms with Gasteiger partial charge in [-0.1, -0.05) is 0 Å². The average Bonchev–Trinajstić information content (AvgIpc) is 3.17. The monoisotopic (exact) mass is 318 g/mol. The largest absolute Gasteiger partial charge is 0.482 e. The molecule has 1 fully saturated rings. The molecule has 0 amide bonds. The number of ether oxygens (including phenoxy) is 2. The number of nitrogens with two attached hydrogens (primary N) is 1. The van der Waals surface area contributed by atoms with E-state index in [1.165, 1.54) is 11.3 Å². The Labute approximate surface area is 133 Å². The first-order valence-electron chi connectivity index (χ1n) is 7.34. The van der Waals surface area contributed by atoms with E-state index in [-0.39, 0.29) is 18.7 Å². The van der Waals surface area contributed by atoms with Crippen molar-refractivity contribution in [2.45, 2.75) is 31.8 Å².